The van der Waals surface area contributed by atoms with Crippen LogP contribution >= 0.6 is 0 Å². The monoisotopic (exact) mass is 352 g/mol. The molecule has 9 heteroatoms. The predicted molar refractivity (Wildman–Crippen MR) is 83.7 cm³/mol. The van der Waals surface area contributed by atoms with Crippen molar-refractivity contribution < 1.29 is 23.1 Å². The van der Waals surface area contributed by atoms with E-state index < -0.39 is 12.1 Å². The number of aliphatic carboxylic acids is 1. The largest absolute Gasteiger partial charge is 0.490 e. The predicted octanol–water partition coefficient (Wildman–Crippen LogP) is 3.47. The first-order valence-corrected chi connectivity index (χ1v) is 7.59. The molecule has 0 atom stereocenters. The number of fused-ring (bicyclic) bond motifs is 1. The number of H-pyrrole nitrogens is 1. The third-order valence-electron chi connectivity index (χ3n) is 3.79. The number of aromatic nitrogens is 4. The third-order valence-corrected chi connectivity index (χ3v) is 3.79. The highest BCUT2D eigenvalue weighted by molar-refractivity contribution is 5.92. The molecule has 25 heavy (non-hydrogen) atoms. The molecule has 3 aromatic rings. The molecule has 6 nitrogen and oxygen atoms in total. The fourth-order valence-corrected chi connectivity index (χ4v) is 2.38. The van der Waals surface area contributed by atoms with Gasteiger partial charge in [0.25, 0.3) is 0 Å². The summed E-state index contributed by atoms with van der Waals surface area (Å²) in [5.41, 5.74) is 3.30. The van der Waals surface area contributed by atoms with Gasteiger partial charge in [-0.05, 0) is 36.5 Å². The Labute approximate surface area is 140 Å². The summed E-state index contributed by atoms with van der Waals surface area (Å²) < 4.78 is 33.8. The fraction of sp³-hybridized carbons (Fsp3) is 0.312. The lowest BCUT2D eigenvalue weighted by atomic mass is 10.1. The van der Waals surface area contributed by atoms with Crippen molar-refractivity contribution in [2.75, 3.05) is 0 Å². The Morgan fingerprint density at radius 2 is 2.08 bits per heavy atom. The average molecular weight is 352 g/mol. The molecule has 1 saturated carbocycles. The number of rotatable bonds is 3. The van der Waals surface area contributed by atoms with Gasteiger partial charge in [0.15, 0.2) is 0 Å². The van der Waals surface area contributed by atoms with Crippen LogP contribution in [-0.2, 0) is 11.3 Å². The van der Waals surface area contributed by atoms with Crippen molar-refractivity contribution in [1.82, 2.24) is 19.7 Å². The lowest BCUT2D eigenvalue weighted by Crippen LogP contribution is -2.21. The van der Waals surface area contributed by atoms with E-state index in [0.29, 0.717) is 0 Å². The molecule has 0 aromatic carbocycles. The van der Waals surface area contributed by atoms with Gasteiger partial charge in [0.2, 0.25) is 0 Å². The number of pyridine rings is 1. The van der Waals surface area contributed by atoms with Gasteiger partial charge in [0, 0.05) is 36.1 Å². The van der Waals surface area contributed by atoms with Gasteiger partial charge in [0.1, 0.15) is 5.65 Å². The van der Waals surface area contributed by atoms with E-state index in [2.05, 4.69) is 38.1 Å². The summed E-state index contributed by atoms with van der Waals surface area (Å²) >= 11 is 0. The second-order valence-corrected chi connectivity index (χ2v) is 5.80. The molecule has 132 valence electrons. The molecular formula is C16H15F3N4O2. The van der Waals surface area contributed by atoms with E-state index in [0.717, 1.165) is 23.5 Å². The number of alkyl halides is 3. The normalized spacial score (nSPS) is 14.2. The number of hydrogen-bond acceptors (Lipinski definition) is 3. The fourth-order valence-electron chi connectivity index (χ4n) is 2.38. The maximum atomic E-state index is 10.6. The highest BCUT2D eigenvalue weighted by atomic mass is 19.4. The van der Waals surface area contributed by atoms with Crippen LogP contribution in [0.5, 0.6) is 0 Å². The van der Waals surface area contributed by atoms with Gasteiger partial charge >= 0.3 is 12.1 Å². The summed E-state index contributed by atoms with van der Waals surface area (Å²) in [4.78, 5) is 16.3. The number of carboxylic acids is 1. The molecule has 3 aromatic heterocycles. The molecule has 0 spiro atoms. The van der Waals surface area contributed by atoms with Crippen LogP contribution in [0.1, 0.15) is 12.8 Å². The Bertz CT molecular complexity index is 881. The van der Waals surface area contributed by atoms with Gasteiger partial charge < -0.3 is 10.1 Å². The zero-order valence-corrected chi connectivity index (χ0v) is 13.0. The molecular weight excluding hydrogens is 337 g/mol. The molecule has 0 aliphatic heterocycles. The van der Waals surface area contributed by atoms with Crippen LogP contribution in [0.25, 0.3) is 22.2 Å². The molecule has 1 aliphatic carbocycles. The van der Waals surface area contributed by atoms with E-state index in [1.165, 1.54) is 24.0 Å². The SMILES string of the molecule is O=C(O)C(F)(F)F.c1cc(-c2cnn(CC3CC3)c2)c2cc[nH]c2n1. The maximum absolute atomic E-state index is 10.6. The van der Waals surface area contributed by atoms with Crippen molar-refractivity contribution in [3.05, 3.63) is 36.9 Å². The molecule has 3 heterocycles. The van der Waals surface area contributed by atoms with Crippen LogP contribution < -0.4 is 0 Å². The van der Waals surface area contributed by atoms with Crippen molar-refractivity contribution in [2.45, 2.75) is 25.6 Å². The summed E-state index contributed by atoms with van der Waals surface area (Å²) in [6.07, 6.45) is 5.48. The van der Waals surface area contributed by atoms with Crippen LogP contribution in [0.3, 0.4) is 0 Å². The van der Waals surface area contributed by atoms with Gasteiger partial charge in [-0.15, -0.1) is 0 Å². The number of aromatic amines is 1. The molecule has 4 rings (SSSR count). The topological polar surface area (TPSA) is 83.8 Å². The Kier molecular flexibility index (Phi) is 4.47. The summed E-state index contributed by atoms with van der Waals surface area (Å²) in [6.45, 7) is 1.06. The molecule has 0 radical (unpaired) electrons. The summed E-state index contributed by atoms with van der Waals surface area (Å²) in [7, 11) is 0. The zero-order chi connectivity index (χ0) is 18.0. The Hall–Kier alpha value is -2.84. The minimum absolute atomic E-state index is 0.850. The maximum Gasteiger partial charge on any atom is 0.490 e. The highest BCUT2D eigenvalue weighted by Gasteiger charge is 2.38. The van der Waals surface area contributed by atoms with Gasteiger partial charge in [-0.25, -0.2) is 9.78 Å². The molecule has 0 bridgehead atoms. The van der Waals surface area contributed by atoms with Crippen molar-refractivity contribution in [3.63, 3.8) is 0 Å². The van der Waals surface area contributed by atoms with Crippen LogP contribution in [-0.4, -0.2) is 37.0 Å². The quantitative estimate of drug-likeness (QED) is 0.756. The van der Waals surface area contributed by atoms with E-state index in [4.69, 9.17) is 9.90 Å². The van der Waals surface area contributed by atoms with E-state index >= 15 is 0 Å². The van der Waals surface area contributed by atoms with Crippen LogP contribution in [0, 0.1) is 5.92 Å². The number of nitrogens with one attached hydrogen (secondary N) is 1. The summed E-state index contributed by atoms with van der Waals surface area (Å²) in [5.74, 6) is -1.91. The van der Waals surface area contributed by atoms with Crippen molar-refractivity contribution in [3.8, 4) is 11.1 Å². The summed E-state index contributed by atoms with van der Waals surface area (Å²) in [6, 6.07) is 4.12. The van der Waals surface area contributed by atoms with Crippen LogP contribution in [0.2, 0.25) is 0 Å². The van der Waals surface area contributed by atoms with Crippen molar-refractivity contribution in [2.24, 2.45) is 5.92 Å². The lowest BCUT2D eigenvalue weighted by Gasteiger charge is -1.99. The molecule has 0 saturated heterocycles. The van der Waals surface area contributed by atoms with Gasteiger partial charge in [-0.3, -0.25) is 4.68 Å². The number of halogens is 3. The third kappa shape index (κ3) is 4.17. The average Bonchev–Trinajstić information content (AvgIpc) is 3.05. The second-order valence-electron chi connectivity index (χ2n) is 5.80. The second kappa shape index (κ2) is 6.58. The molecule has 2 N–H and O–H groups in total. The minimum atomic E-state index is -5.08. The standard InChI is InChI=1S/C14H14N4.C2HF3O2/c1-2-10(1)8-18-9-11(7-17-18)12-3-5-15-14-13(12)4-6-16-14;3-2(4,5)1(6)7/h3-7,9-10H,1-2,8H2,(H,15,16);(H,6,7). The Morgan fingerprint density at radius 1 is 1.36 bits per heavy atom. The van der Waals surface area contributed by atoms with E-state index in [-0.39, 0.29) is 0 Å². The zero-order valence-electron chi connectivity index (χ0n) is 13.0. The Morgan fingerprint density at radius 3 is 2.72 bits per heavy atom. The Balaban J connectivity index is 0.000000225. The number of carboxylic acid groups (broad SMARTS) is 1. The first-order chi connectivity index (χ1) is 11.8. The van der Waals surface area contributed by atoms with Gasteiger partial charge in [-0.2, -0.15) is 18.3 Å². The minimum Gasteiger partial charge on any atom is -0.475 e. The van der Waals surface area contributed by atoms with Crippen molar-refractivity contribution in [1.29, 1.82) is 0 Å². The van der Waals surface area contributed by atoms with E-state index in [1.54, 1.807) is 0 Å². The van der Waals surface area contributed by atoms with Crippen LogP contribution in [0.15, 0.2) is 36.9 Å². The molecule has 0 amide bonds. The highest BCUT2D eigenvalue weighted by Crippen LogP contribution is 2.31. The first-order valence-electron chi connectivity index (χ1n) is 7.59. The molecule has 1 fully saturated rings. The molecule has 0 unspecified atom stereocenters. The molecule has 1 aliphatic rings. The summed E-state index contributed by atoms with van der Waals surface area (Å²) in [5, 5.41) is 12.7. The smallest absolute Gasteiger partial charge is 0.475 e. The van der Waals surface area contributed by atoms with Gasteiger partial charge in [0.05, 0.1) is 6.20 Å². The van der Waals surface area contributed by atoms with E-state index in [1.807, 2.05) is 18.6 Å². The number of hydrogen-bond donors (Lipinski definition) is 2. The number of nitrogens with zero attached hydrogens (tertiary/aromatic N) is 3. The first kappa shape index (κ1) is 17.0. The number of carbonyl (C=O) groups is 1. The lowest BCUT2D eigenvalue weighted by molar-refractivity contribution is -0.192. The van der Waals surface area contributed by atoms with Gasteiger partial charge in [-0.1, -0.05) is 0 Å². The van der Waals surface area contributed by atoms with Crippen molar-refractivity contribution >= 4 is 17.0 Å². The van der Waals surface area contributed by atoms with E-state index in [9.17, 15) is 13.2 Å². The van der Waals surface area contributed by atoms with Crippen LogP contribution in [0.4, 0.5) is 13.2 Å².